The van der Waals surface area contributed by atoms with Crippen LogP contribution in [0.4, 0.5) is 5.69 Å². The second kappa shape index (κ2) is 8.78. The summed E-state index contributed by atoms with van der Waals surface area (Å²) in [6.45, 7) is 3.52. The van der Waals surface area contributed by atoms with Crippen LogP contribution in [0.25, 0.3) is 11.0 Å². The van der Waals surface area contributed by atoms with Crippen molar-refractivity contribution in [3.05, 3.63) is 65.4 Å². The summed E-state index contributed by atoms with van der Waals surface area (Å²) in [7, 11) is -3.19. The van der Waals surface area contributed by atoms with Crippen molar-refractivity contribution in [1.82, 2.24) is 0 Å². The van der Waals surface area contributed by atoms with Crippen LogP contribution >= 0.6 is 0 Å². The van der Waals surface area contributed by atoms with Crippen molar-refractivity contribution in [2.24, 2.45) is 0 Å². The number of carbonyl (C=O) groups is 2. The van der Waals surface area contributed by atoms with E-state index in [0.717, 1.165) is 16.5 Å². The summed E-state index contributed by atoms with van der Waals surface area (Å²) in [5, 5.41) is 0.846. The second-order valence-corrected chi connectivity index (χ2v) is 10.4. The number of para-hydroxylation sites is 1. The van der Waals surface area contributed by atoms with Crippen molar-refractivity contribution in [3.63, 3.8) is 0 Å². The molecule has 1 unspecified atom stereocenters. The van der Waals surface area contributed by atoms with Crippen LogP contribution in [-0.2, 0) is 30.6 Å². The lowest BCUT2D eigenvalue weighted by Crippen LogP contribution is -2.43. The lowest BCUT2D eigenvalue weighted by molar-refractivity contribution is -0.147. The predicted molar refractivity (Wildman–Crippen MR) is 121 cm³/mol. The number of hydrogen-bond donors (Lipinski definition) is 0. The van der Waals surface area contributed by atoms with E-state index < -0.39 is 34.4 Å². The number of esters is 1. The maximum Gasteiger partial charge on any atom is 0.310 e. The Morgan fingerprint density at radius 1 is 1.12 bits per heavy atom. The van der Waals surface area contributed by atoms with Crippen molar-refractivity contribution >= 4 is 38.4 Å². The Balaban J connectivity index is 1.45. The van der Waals surface area contributed by atoms with Gasteiger partial charge in [-0.15, -0.1) is 0 Å². The fourth-order valence-electron chi connectivity index (χ4n) is 4.02. The van der Waals surface area contributed by atoms with Crippen LogP contribution in [0.15, 0.2) is 53.1 Å². The molecule has 1 aliphatic rings. The van der Waals surface area contributed by atoms with Crippen molar-refractivity contribution in [2.45, 2.75) is 32.7 Å². The van der Waals surface area contributed by atoms with E-state index in [-0.39, 0.29) is 17.9 Å². The fourth-order valence-corrected chi connectivity index (χ4v) is 5.72. The first-order valence-electron chi connectivity index (χ1n) is 10.4. The Hall–Kier alpha value is -3.13. The molecule has 1 saturated heterocycles. The summed E-state index contributed by atoms with van der Waals surface area (Å²) in [6, 6.07) is 12.3. The summed E-state index contributed by atoms with van der Waals surface area (Å²) < 4.78 is 34.8. The number of benzene rings is 2. The monoisotopic (exact) mass is 455 g/mol. The number of fused-ring (bicyclic) bond motifs is 1. The zero-order valence-electron chi connectivity index (χ0n) is 18.0. The highest BCUT2D eigenvalue weighted by atomic mass is 32.2. The first-order chi connectivity index (χ1) is 15.2. The van der Waals surface area contributed by atoms with E-state index in [1.807, 2.05) is 32.0 Å². The van der Waals surface area contributed by atoms with Crippen LogP contribution in [0.2, 0.25) is 0 Å². The molecule has 0 radical (unpaired) electrons. The summed E-state index contributed by atoms with van der Waals surface area (Å²) in [6.07, 6.45) is 1.87. The number of hydrogen-bond acceptors (Lipinski definition) is 6. The minimum Gasteiger partial charge on any atom is -0.464 e. The molecule has 168 valence electrons. The molecule has 1 aliphatic heterocycles. The van der Waals surface area contributed by atoms with Crippen LogP contribution in [0.5, 0.6) is 0 Å². The maximum absolute atomic E-state index is 13.0. The SMILES string of the molecule is Cc1cc2occ(CC(=O)OCC(=O)N(c3ccccc3)C3CCS(=O)(=O)C3)c2cc1C. The van der Waals surface area contributed by atoms with Gasteiger partial charge in [-0.25, -0.2) is 8.42 Å². The van der Waals surface area contributed by atoms with Crippen LogP contribution in [-0.4, -0.2) is 44.4 Å². The van der Waals surface area contributed by atoms with Gasteiger partial charge in [0.2, 0.25) is 0 Å². The van der Waals surface area contributed by atoms with Gasteiger partial charge in [-0.2, -0.15) is 0 Å². The van der Waals surface area contributed by atoms with Gasteiger partial charge in [-0.1, -0.05) is 18.2 Å². The molecular formula is C24H25NO6S. The highest BCUT2D eigenvalue weighted by molar-refractivity contribution is 7.91. The highest BCUT2D eigenvalue weighted by Gasteiger charge is 2.35. The zero-order chi connectivity index (χ0) is 22.9. The third kappa shape index (κ3) is 4.70. The molecule has 1 atom stereocenters. The molecule has 8 heteroatoms. The molecule has 3 aromatic rings. The normalized spacial score (nSPS) is 17.4. The molecule has 1 aromatic heterocycles. The molecule has 2 aromatic carbocycles. The number of amides is 1. The van der Waals surface area contributed by atoms with Gasteiger partial charge < -0.3 is 14.1 Å². The van der Waals surface area contributed by atoms with Gasteiger partial charge in [0.15, 0.2) is 16.4 Å². The summed E-state index contributed by atoms with van der Waals surface area (Å²) in [4.78, 5) is 26.9. The molecule has 1 amide bonds. The quantitative estimate of drug-likeness (QED) is 0.529. The number of furan rings is 1. The molecule has 32 heavy (non-hydrogen) atoms. The van der Waals surface area contributed by atoms with Crippen molar-refractivity contribution in [3.8, 4) is 0 Å². The Morgan fingerprint density at radius 3 is 2.53 bits per heavy atom. The van der Waals surface area contributed by atoms with Gasteiger partial charge in [-0.3, -0.25) is 9.59 Å². The summed E-state index contributed by atoms with van der Waals surface area (Å²) in [5.74, 6) is -1.05. The topological polar surface area (TPSA) is 93.9 Å². The number of anilines is 1. The van der Waals surface area contributed by atoms with Gasteiger partial charge in [0.05, 0.1) is 30.2 Å². The maximum atomic E-state index is 13.0. The number of aryl methyl sites for hydroxylation is 2. The molecule has 0 N–H and O–H groups in total. The number of ether oxygens (including phenoxy) is 1. The van der Waals surface area contributed by atoms with Crippen LogP contribution in [0.1, 0.15) is 23.1 Å². The molecule has 2 heterocycles. The van der Waals surface area contributed by atoms with E-state index in [0.29, 0.717) is 23.3 Å². The third-order valence-corrected chi connectivity index (χ3v) is 7.59. The highest BCUT2D eigenvalue weighted by Crippen LogP contribution is 2.26. The van der Waals surface area contributed by atoms with E-state index in [9.17, 15) is 18.0 Å². The lowest BCUT2D eigenvalue weighted by Gasteiger charge is -2.28. The number of sulfone groups is 1. The second-order valence-electron chi connectivity index (χ2n) is 8.19. The first-order valence-corrected chi connectivity index (χ1v) is 12.3. The van der Waals surface area contributed by atoms with Crippen molar-refractivity contribution in [1.29, 1.82) is 0 Å². The Labute approximate surface area is 186 Å². The van der Waals surface area contributed by atoms with Crippen molar-refractivity contribution in [2.75, 3.05) is 23.0 Å². The smallest absolute Gasteiger partial charge is 0.310 e. The Kier molecular flexibility index (Phi) is 6.06. The van der Waals surface area contributed by atoms with Gasteiger partial charge in [0.25, 0.3) is 5.91 Å². The van der Waals surface area contributed by atoms with Gasteiger partial charge in [0.1, 0.15) is 5.58 Å². The molecule has 0 saturated carbocycles. The minimum atomic E-state index is -3.19. The van der Waals surface area contributed by atoms with Gasteiger partial charge >= 0.3 is 5.97 Å². The first kappa shape index (κ1) is 22.1. The molecule has 0 bridgehead atoms. The van der Waals surface area contributed by atoms with Crippen molar-refractivity contribution < 1.29 is 27.2 Å². The molecule has 0 aliphatic carbocycles. The third-order valence-electron chi connectivity index (χ3n) is 5.84. The minimum absolute atomic E-state index is 0.0219. The standard InChI is InChI=1S/C24H25NO6S/c1-16-10-21-18(13-30-22(21)11-17(16)2)12-24(27)31-14-23(26)25(19-6-4-3-5-7-19)20-8-9-32(28,29)15-20/h3-7,10-11,13,20H,8-9,12,14-15H2,1-2H3. The zero-order valence-corrected chi connectivity index (χ0v) is 18.9. The van der Waals surface area contributed by atoms with Crippen LogP contribution in [0.3, 0.4) is 0 Å². The largest absolute Gasteiger partial charge is 0.464 e. The van der Waals surface area contributed by atoms with E-state index in [2.05, 4.69) is 0 Å². The summed E-state index contributed by atoms with van der Waals surface area (Å²) in [5.41, 5.74) is 4.17. The number of rotatable bonds is 6. The van der Waals surface area contributed by atoms with Gasteiger partial charge in [-0.05, 0) is 55.7 Å². The number of carbonyl (C=O) groups excluding carboxylic acids is 2. The molecule has 4 rings (SSSR count). The van der Waals surface area contributed by atoms with Crippen LogP contribution < -0.4 is 4.90 Å². The average Bonchev–Trinajstić information content (AvgIpc) is 3.30. The molecule has 1 fully saturated rings. The number of nitrogens with zero attached hydrogens (tertiary/aromatic N) is 1. The summed E-state index contributed by atoms with van der Waals surface area (Å²) >= 11 is 0. The van der Waals surface area contributed by atoms with E-state index in [1.165, 1.54) is 11.2 Å². The fraction of sp³-hybridized carbons (Fsp3) is 0.333. The average molecular weight is 456 g/mol. The van der Waals surface area contributed by atoms with E-state index >= 15 is 0 Å². The Bertz CT molecular complexity index is 1260. The predicted octanol–water partition coefficient (Wildman–Crippen LogP) is 3.36. The van der Waals surface area contributed by atoms with E-state index in [1.54, 1.807) is 24.3 Å². The molecule has 7 nitrogen and oxygen atoms in total. The van der Waals surface area contributed by atoms with Gasteiger partial charge in [0, 0.05) is 16.6 Å². The van der Waals surface area contributed by atoms with Crippen LogP contribution in [0, 0.1) is 13.8 Å². The Morgan fingerprint density at radius 2 is 1.84 bits per heavy atom. The lowest BCUT2D eigenvalue weighted by atomic mass is 10.0. The molecular weight excluding hydrogens is 430 g/mol. The molecule has 0 spiro atoms. The van der Waals surface area contributed by atoms with E-state index in [4.69, 9.17) is 9.15 Å².